The molecule has 1 saturated heterocycles. The van der Waals surface area contributed by atoms with Crippen molar-refractivity contribution in [1.82, 2.24) is 34.9 Å². The van der Waals surface area contributed by atoms with E-state index >= 15 is 0 Å². The Morgan fingerprint density at radius 2 is 2.03 bits per heavy atom. The number of pyridine rings is 1. The van der Waals surface area contributed by atoms with Gasteiger partial charge in [-0.05, 0) is 19.8 Å². The maximum atomic E-state index is 6.56. The zero-order valence-electron chi connectivity index (χ0n) is 17.2. The minimum atomic E-state index is -0.124. The molecule has 0 amide bonds. The molecule has 0 aliphatic carbocycles. The van der Waals surface area contributed by atoms with Crippen LogP contribution >= 0.6 is 11.6 Å². The van der Waals surface area contributed by atoms with Crippen LogP contribution in [0.3, 0.4) is 0 Å². The van der Waals surface area contributed by atoms with Gasteiger partial charge in [0.1, 0.15) is 10.8 Å². The van der Waals surface area contributed by atoms with Crippen LogP contribution in [0.5, 0.6) is 11.6 Å². The van der Waals surface area contributed by atoms with Gasteiger partial charge in [-0.1, -0.05) is 11.6 Å². The zero-order valence-corrected chi connectivity index (χ0v) is 18.0. The van der Waals surface area contributed by atoms with E-state index in [-0.39, 0.29) is 5.54 Å². The number of H-pyrrole nitrogens is 1. The lowest BCUT2D eigenvalue weighted by molar-refractivity contribution is 0.363. The van der Waals surface area contributed by atoms with Gasteiger partial charge in [-0.25, -0.2) is 9.97 Å². The van der Waals surface area contributed by atoms with Gasteiger partial charge in [0.2, 0.25) is 0 Å². The van der Waals surface area contributed by atoms with Crippen molar-refractivity contribution in [2.24, 2.45) is 12.8 Å². The summed E-state index contributed by atoms with van der Waals surface area (Å²) < 4.78 is 7.66. The molecule has 1 fully saturated rings. The van der Waals surface area contributed by atoms with Crippen molar-refractivity contribution >= 4 is 28.6 Å². The summed E-state index contributed by atoms with van der Waals surface area (Å²) in [5, 5.41) is 11.7. The highest BCUT2D eigenvalue weighted by Crippen LogP contribution is 2.36. The molecule has 1 aliphatic rings. The number of hydrogen-bond donors (Lipinski definition) is 2. The molecule has 5 rings (SSSR count). The molecular weight excluding hydrogens is 418 g/mol. The van der Waals surface area contributed by atoms with Crippen molar-refractivity contribution < 1.29 is 4.74 Å². The fourth-order valence-corrected chi connectivity index (χ4v) is 3.85. The van der Waals surface area contributed by atoms with Gasteiger partial charge in [-0.2, -0.15) is 5.10 Å². The van der Waals surface area contributed by atoms with Gasteiger partial charge in [0, 0.05) is 49.7 Å². The molecule has 0 unspecified atom stereocenters. The third-order valence-corrected chi connectivity index (χ3v) is 5.86. The molecular formula is C20H22ClN9O. The van der Waals surface area contributed by atoms with Crippen molar-refractivity contribution in [3.8, 4) is 22.9 Å². The summed E-state index contributed by atoms with van der Waals surface area (Å²) in [5.41, 5.74) is 8.56. The van der Waals surface area contributed by atoms with Gasteiger partial charge in [-0.15, -0.1) is 5.10 Å². The molecule has 4 aromatic rings. The summed E-state index contributed by atoms with van der Waals surface area (Å²) >= 11 is 6.56. The van der Waals surface area contributed by atoms with Gasteiger partial charge in [-0.3, -0.25) is 14.8 Å². The average molecular weight is 440 g/mol. The Labute approximate surface area is 183 Å². The lowest BCUT2D eigenvalue weighted by atomic mass is 9.91. The molecule has 31 heavy (non-hydrogen) atoms. The van der Waals surface area contributed by atoms with Crippen molar-refractivity contribution in [2.45, 2.75) is 25.3 Å². The Bertz CT molecular complexity index is 1240. The van der Waals surface area contributed by atoms with E-state index in [4.69, 9.17) is 22.1 Å². The highest BCUT2D eigenvalue weighted by molar-refractivity contribution is 6.34. The number of piperidine rings is 1. The molecule has 1 aliphatic heterocycles. The highest BCUT2D eigenvalue weighted by atomic mass is 35.5. The van der Waals surface area contributed by atoms with Crippen LogP contribution in [0.2, 0.25) is 5.02 Å². The van der Waals surface area contributed by atoms with Crippen molar-refractivity contribution in [3.63, 3.8) is 0 Å². The number of aryl methyl sites for hydroxylation is 1. The average Bonchev–Trinajstić information content (AvgIpc) is 3.35. The Kier molecular flexibility index (Phi) is 4.75. The van der Waals surface area contributed by atoms with Crippen LogP contribution in [-0.4, -0.2) is 53.6 Å². The lowest BCUT2D eigenvalue weighted by Crippen LogP contribution is -2.48. The summed E-state index contributed by atoms with van der Waals surface area (Å²) in [6, 6.07) is 1.68. The largest absolute Gasteiger partial charge is 0.434 e. The van der Waals surface area contributed by atoms with Crippen LogP contribution in [0.1, 0.15) is 19.8 Å². The summed E-state index contributed by atoms with van der Waals surface area (Å²) in [6.07, 6.45) is 8.71. The molecule has 4 aromatic heterocycles. The number of aromatic nitrogens is 7. The van der Waals surface area contributed by atoms with Gasteiger partial charge in [0.05, 0.1) is 18.1 Å². The fourth-order valence-electron chi connectivity index (χ4n) is 3.59. The van der Waals surface area contributed by atoms with E-state index in [0.29, 0.717) is 33.5 Å². The minimum Gasteiger partial charge on any atom is -0.434 e. The smallest absolute Gasteiger partial charge is 0.266 e. The maximum absolute atomic E-state index is 6.56. The minimum absolute atomic E-state index is 0.124. The van der Waals surface area contributed by atoms with Gasteiger partial charge in [0.15, 0.2) is 16.9 Å². The molecule has 0 spiro atoms. The van der Waals surface area contributed by atoms with Crippen molar-refractivity contribution in [1.29, 1.82) is 0 Å². The molecule has 0 bridgehead atoms. The molecule has 0 radical (unpaired) electrons. The number of hydrogen-bond acceptors (Lipinski definition) is 8. The summed E-state index contributed by atoms with van der Waals surface area (Å²) in [7, 11) is 1.83. The number of nitrogens with two attached hydrogens (primary N) is 1. The molecule has 0 atom stereocenters. The predicted octanol–water partition coefficient (Wildman–Crippen LogP) is 2.91. The molecule has 5 heterocycles. The molecule has 0 aromatic carbocycles. The van der Waals surface area contributed by atoms with E-state index in [2.05, 4.69) is 42.1 Å². The molecule has 160 valence electrons. The first-order chi connectivity index (χ1) is 14.9. The third-order valence-electron chi connectivity index (χ3n) is 5.49. The quantitative estimate of drug-likeness (QED) is 0.497. The van der Waals surface area contributed by atoms with E-state index in [1.54, 1.807) is 29.3 Å². The van der Waals surface area contributed by atoms with E-state index in [1.165, 1.54) is 0 Å². The second-order valence-corrected chi connectivity index (χ2v) is 8.45. The maximum Gasteiger partial charge on any atom is 0.266 e. The third kappa shape index (κ3) is 3.79. The van der Waals surface area contributed by atoms with E-state index in [0.717, 1.165) is 37.3 Å². The SMILES string of the molecule is Cn1cc(-c2nccc(Oc3n[nH]c4nc(N5CCC(C)(N)CC5)cnc34)c2Cl)cn1. The second-order valence-electron chi connectivity index (χ2n) is 8.07. The monoisotopic (exact) mass is 439 g/mol. The zero-order chi connectivity index (χ0) is 21.6. The van der Waals surface area contributed by atoms with Gasteiger partial charge >= 0.3 is 0 Å². The lowest BCUT2D eigenvalue weighted by Gasteiger charge is -2.37. The van der Waals surface area contributed by atoms with E-state index in [9.17, 15) is 0 Å². The molecule has 0 saturated carbocycles. The Balaban J connectivity index is 1.41. The van der Waals surface area contributed by atoms with E-state index in [1.807, 2.05) is 13.2 Å². The Hall–Kier alpha value is -3.24. The molecule has 3 N–H and O–H groups in total. The van der Waals surface area contributed by atoms with Crippen LogP contribution < -0.4 is 15.4 Å². The van der Waals surface area contributed by atoms with E-state index < -0.39 is 0 Å². The number of halogens is 1. The number of fused-ring (bicyclic) bond motifs is 1. The highest BCUT2D eigenvalue weighted by Gasteiger charge is 2.27. The fraction of sp³-hybridized carbons (Fsp3) is 0.350. The standard InChI is InChI=1S/C20H22ClN9O/c1-20(22)4-7-30(8-5-20)14-10-24-17-18(26-14)27-28-19(17)31-13-3-6-23-16(15(13)21)12-9-25-29(2)11-12/h3,6,9-11H,4-5,7-8,22H2,1-2H3,(H,26,27,28). The second kappa shape index (κ2) is 7.47. The summed E-state index contributed by atoms with van der Waals surface area (Å²) in [4.78, 5) is 15.7. The molecule has 11 heteroatoms. The number of nitrogens with one attached hydrogen (secondary N) is 1. The number of aromatic amines is 1. The number of nitrogens with zero attached hydrogens (tertiary/aromatic N) is 7. The Morgan fingerprint density at radius 3 is 2.77 bits per heavy atom. The number of rotatable bonds is 4. The van der Waals surface area contributed by atoms with Crippen LogP contribution in [0.4, 0.5) is 5.82 Å². The first-order valence-electron chi connectivity index (χ1n) is 9.96. The van der Waals surface area contributed by atoms with Crippen molar-refractivity contribution in [2.75, 3.05) is 18.0 Å². The van der Waals surface area contributed by atoms with Crippen LogP contribution in [-0.2, 0) is 7.05 Å². The molecule has 10 nitrogen and oxygen atoms in total. The predicted molar refractivity (Wildman–Crippen MR) is 117 cm³/mol. The van der Waals surface area contributed by atoms with Gasteiger partial charge in [0.25, 0.3) is 5.88 Å². The topological polar surface area (TPSA) is 124 Å². The first kappa shape index (κ1) is 19.7. The number of ether oxygens (including phenoxy) is 1. The normalized spacial score (nSPS) is 16.1. The summed E-state index contributed by atoms with van der Waals surface area (Å²) in [5.74, 6) is 1.51. The number of anilines is 1. The summed E-state index contributed by atoms with van der Waals surface area (Å²) in [6.45, 7) is 3.77. The first-order valence-corrected chi connectivity index (χ1v) is 10.3. The van der Waals surface area contributed by atoms with Crippen LogP contribution in [0, 0.1) is 0 Å². The van der Waals surface area contributed by atoms with Crippen LogP contribution in [0.25, 0.3) is 22.4 Å². The van der Waals surface area contributed by atoms with Crippen LogP contribution in [0.15, 0.2) is 30.9 Å². The van der Waals surface area contributed by atoms with Gasteiger partial charge < -0.3 is 15.4 Å². The van der Waals surface area contributed by atoms with Crippen molar-refractivity contribution in [3.05, 3.63) is 35.9 Å². The Morgan fingerprint density at radius 1 is 1.23 bits per heavy atom.